The number of benzene rings is 6. The Labute approximate surface area is 626 Å². The Morgan fingerprint density at radius 1 is 0.410 bits per heavy atom. The quantitative estimate of drug-likeness (QED) is 0.0853. The molecule has 0 radical (unpaired) electrons. The average molecular weight is 1500 g/mol. The van der Waals surface area contributed by atoms with E-state index in [2.05, 4.69) is 75.6 Å². The maximum atomic E-state index is 13.1. The largest absolute Gasteiger partial charge is 0.573 e. The topological polar surface area (TPSA) is 35.3 Å². The summed E-state index contributed by atoms with van der Waals surface area (Å²) in [5, 5.41) is 1.37. The molecule has 568 valence electrons. The molecular formula is C88H101Cl2F12NO2. The molecule has 17 heteroatoms. The minimum absolute atomic E-state index is 0.0230. The van der Waals surface area contributed by atoms with E-state index in [0.29, 0.717) is 62.6 Å². The zero-order valence-electron chi connectivity index (χ0n) is 62.7. The van der Waals surface area contributed by atoms with Gasteiger partial charge in [-0.15, -0.1) is 13.2 Å². The first kappa shape index (κ1) is 94.2. The van der Waals surface area contributed by atoms with E-state index in [-0.39, 0.29) is 17.5 Å². The van der Waals surface area contributed by atoms with Gasteiger partial charge < -0.3 is 9.15 Å². The number of nitrogens with zero attached hydrogens (tertiary/aromatic N) is 1. The van der Waals surface area contributed by atoms with Crippen LogP contribution in [0.3, 0.4) is 0 Å². The zero-order valence-corrected chi connectivity index (χ0v) is 64.2. The van der Waals surface area contributed by atoms with Gasteiger partial charge in [-0.3, -0.25) is 4.98 Å². The van der Waals surface area contributed by atoms with Crippen LogP contribution in [0.5, 0.6) is 5.75 Å². The lowest BCUT2D eigenvalue weighted by Crippen LogP contribution is -2.16. The van der Waals surface area contributed by atoms with Gasteiger partial charge in [-0.1, -0.05) is 292 Å². The maximum Gasteiger partial charge on any atom is 0.573 e. The SMILES string of the molecule is CC(C)/C(F)=C/c1ccccc1.CC(C)/C=C/c1ccc(C(F)(F)F)cc1.CC(C)/C=C/c1ccc(Cl)cc1Cl.CC(C)/C=C/c1ccc(F)cc1F.CC(C)/C=C/c1ccc(OC(F)(F)F)cc1.CC(C)/C=C/c1cccc(C(F)(F)F)c1.CC(C)/C=C/c1cccnc1.CC(C)/C=C/c1ccco1. The van der Waals surface area contributed by atoms with E-state index >= 15 is 0 Å². The molecule has 2 heterocycles. The number of alkyl halides is 9. The molecule has 105 heavy (non-hydrogen) atoms. The molecule has 0 aliphatic heterocycles. The van der Waals surface area contributed by atoms with Crippen molar-refractivity contribution < 1.29 is 61.8 Å². The fourth-order valence-electron chi connectivity index (χ4n) is 7.49. The van der Waals surface area contributed by atoms with E-state index in [9.17, 15) is 52.7 Å². The molecule has 0 N–H and O–H groups in total. The van der Waals surface area contributed by atoms with Crippen LogP contribution in [0.1, 0.15) is 167 Å². The van der Waals surface area contributed by atoms with Gasteiger partial charge in [0.05, 0.1) is 17.4 Å². The van der Waals surface area contributed by atoms with Gasteiger partial charge in [-0.25, -0.2) is 13.2 Å². The van der Waals surface area contributed by atoms with Gasteiger partial charge >= 0.3 is 18.7 Å². The first-order valence-electron chi connectivity index (χ1n) is 34.4. The highest BCUT2D eigenvalue weighted by molar-refractivity contribution is 6.35. The second-order valence-corrected chi connectivity index (χ2v) is 27.2. The van der Waals surface area contributed by atoms with E-state index in [0.717, 1.165) is 58.3 Å². The number of furan rings is 1. The summed E-state index contributed by atoms with van der Waals surface area (Å²) in [4.78, 5) is 4.01. The van der Waals surface area contributed by atoms with Crippen LogP contribution < -0.4 is 4.74 Å². The van der Waals surface area contributed by atoms with Crippen molar-refractivity contribution in [3.63, 3.8) is 0 Å². The molecule has 6 aromatic carbocycles. The first-order valence-corrected chi connectivity index (χ1v) is 35.1. The summed E-state index contributed by atoms with van der Waals surface area (Å²) >= 11 is 11.7. The van der Waals surface area contributed by atoms with Crippen molar-refractivity contribution in [3.8, 4) is 5.75 Å². The minimum atomic E-state index is -4.63. The van der Waals surface area contributed by atoms with Crippen LogP contribution in [-0.4, -0.2) is 11.3 Å². The highest BCUT2D eigenvalue weighted by Gasteiger charge is 2.32. The summed E-state index contributed by atoms with van der Waals surface area (Å²) in [6.07, 6.45) is 21.0. The van der Waals surface area contributed by atoms with Crippen molar-refractivity contribution >= 4 is 71.8 Å². The lowest BCUT2D eigenvalue weighted by Gasteiger charge is -2.08. The van der Waals surface area contributed by atoms with E-state index in [4.69, 9.17) is 27.6 Å². The predicted octanol–water partition coefficient (Wildman–Crippen LogP) is 30.7. The molecule has 3 nitrogen and oxygen atoms in total. The Morgan fingerprint density at radius 3 is 1.30 bits per heavy atom. The molecule has 0 unspecified atom stereocenters. The Bertz CT molecular complexity index is 3810. The number of ether oxygens (including phenoxy) is 1. The Morgan fingerprint density at radius 2 is 0.857 bits per heavy atom. The molecule has 0 spiro atoms. The van der Waals surface area contributed by atoms with Gasteiger partial charge in [0.25, 0.3) is 0 Å². The van der Waals surface area contributed by atoms with E-state index in [1.54, 1.807) is 55.0 Å². The van der Waals surface area contributed by atoms with Crippen LogP contribution in [0.25, 0.3) is 48.6 Å². The predicted molar refractivity (Wildman–Crippen MR) is 419 cm³/mol. The lowest BCUT2D eigenvalue weighted by atomic mass is 10.1. The van der Waals surface area contributed by atoms with E-state index in [1.807, 2.05) is 191 Å². The number of aromatic nitrogens is 1. The Kier molecular flexibility index (Phi) is 45.4. The van der Waals surface area contributed by atoms with Crippen LogP contribution in [-0.2, 0) is 12.4 Å². The summed E-state index contributed by atoms with van der Waals surface area (Å²) < 4.78 is 157. The van der Waals surface area contributed by atoms with Crippen LogP contribution in [0.4, 0.5) is 52.7 Å². The number of pyridine rings is 1. The summed E-state index contributed by atoms with van der Waals surface area (Å²) in [5.74, 6) is 2.81. The van der Waals surface area contributed by atoms with Crippen molar-refractivity contribution in [1.82, 2.24) is 4.98 Å². The van der Waals surface area contributed by atoms with Crippen molar-refractivity contribution in [2.75, 3.05) is 0 Å². The van der Waals surface area contributed by atoms with Gasteiger partial charge in [0.15, 0.2) is 0 Å². The summed E-state index contributed by atoms with van der Waals surface area (Å²) in [6, 6.07) is 42.6. The maximum absolute atomic E-state index is 13.1. The minimum Gasteiger partial charge on any atom is -0.465 e. The van der Waals surface area contributed by atoms with E-state index in [1.165, 1.54) is 48.0 Å². The lowest BCUT2D eigenvalue weighted by molar-refractivity contribution is -0.274. The summed E-state index contributed by atoms with van der Waals surface area (Å²) in [6.45, 7) is 32.6. The van der Waals surface area contributed by atoms with Gasteiger partial charge in [-0.05, 0) is 166 Å². The van der Waals surface area contributed by atoms with Gasteiger partial charge in [0.1, 0.15) is 29.0 Å². The summed E-state index contributed by atoms with van der Waals surface area (Å²) in [7, 11) is 0. The molecule has 0 bridgehead atoms. The van der Waals surface area contributed by atoms with Crippen molar-refractivity contribution in [1.29, 1.82) is 0 Å². The van der Waals surface area contributed by atoms with Gasteiger partial charge in [0.2, 0.25) is 0 Å². The van der Waals surface area contributed by atoms with Crippen LogP contribution in [0, 0.1) is 59.0 Å². The van der Waals surface area contributed by atoms with Crippen LogP contribution in [0.2, 0.25) is 10.0 Å². The Hall–Kier alpha value is -8.79. The molecule has 0 saturated heterocycles. The van der Waals surface area contributed by atoms with Crippen molar-refractivity contribution in [2.45, 2.75) is 129 Å². The standard InChI is InChI=1S/C12H13F3O.2C12H13F3.C11H12Cl2.C11H12F2.C11H13F.C10H13N.C9H12O/c1-9(2)3-4-10-5-7-11(8-6-10)16-12(13,14)15;1-9(2)3-4-10-5-7-11(8-6-10)12(13,14)15;1-9(2)6-7-10-4-3-5-11(8-10)12(13,14)15;2*1-8(2)3-4-9-5-6-10(12)7-11(9)13;1-9(2)11(12)8-10-6-4-3-5-7-10;1-9(2)5-6-10-4-3-7-11-8-10;1-8(2)5-6-9-4-3-7-10-9/h3-9H,1-2H3;2*3-9H,1-2H3;2*3-8H,1-2H3;3-9H,1-2H3;3-9H,1-2H3;3-8H,1-2H3/b2*4-3+;7-6+;2*4-3+;11-8-;2*6-5+. The monoisotopic (exact) mass is 1500 g/mol. The van der Waals surface area contributed by atoms with Crippen LogP contribution in [0.15, 0.2) is 235 Å². The second-order valence-electron chi connectivity index (χ2n) is 26.3. The first-order chi connectivity index (χ1) is 49.1. The second kappa shape index (κ2) is 50.6. The molecule has 0 atom stereocenters. The normalized spacial score (nSPS) is 12.0. The molecule has 0 saturated carbocycles. The molecule has 2 aromatic heterocycles. The number of allylic oxidation sites excluding steroid dienone is 8. The van der Waals surface area contributed by atoms with Gasteiger partial charge in [0, 0.05) is 40.0 Å². The van der Waals surface area contributed by atoms with Crippen molar-refractivity contribution in [3.05, 3.63) is 308 Å². The van der Waals surface area contributed by atoms with E-state index < -0.39 is 41.5 Å². The third-order valence-electron chi connectivity index (χ3n) is 13.0. The molecule has 0 aliphatic carbocycles. The zero-order chi connectivity index (χ0) is 79.3. The molecular weight excluding hydrogens is 1400 g/mol. The number of rotatable bonds is 17. The fourth-order valence-corrected chi connectivity index (χ4v) is 7.96. The smallest absolute Gasteiger partial charge is 0.465 e. The van der Waals surface area contributed by atoms with Crippen LogP contribution >= 0.6 is 23.2 Å². The molecule has 8 rings (SSSR count). The molecule has 0 aliphatic rings. The number of halogens is 14. The molecule has 0 amide bonds. The number of hydrogen-bond donors (Lipinski definition) is 0. The molecule has 8 aromatic rings. The third kappa shape index (κ3) is 48.8. The Balaban J connectivity index is 0.000000602. The number of hydrogen-bond acceptors (Lipinski definition) is 3. The van der Waals surface area contributed by atoms with Gasteiger partial charge in [-0.2, -0.15) is 26.3 Å². The molecule has 0 fully saturated rings. The van der Waals surface area contributed by atoms with Crippen molar-refractivity contribution in [2.24, 2.45) is 47.3 Å². The summed E-state index contributed by atoms with van der Waals surface area (Å²) in [5.41, 5.74) is 4.54. The highest BCUT2D eigenvalue weighted by atomic mass is 35.5. The highest BCUT2D eigenvalue weighted by Crippen LogP contribution is 2.31. The average Bonchev–Trinajstić information content (AvgIpc) is 1.34. The fraction of sp³-hybridized carbons (Fsp3) is 0.307. The third-order valence-corrected chi connectivity index (χ3v) is 13.6.